The highest BCUT2D eigenvalue weighted by Crippen LogP contribution is 2.29. The number of nitrogens with zero attached hydrogens (tertiary/aromatic N) is 1. The first-order valence-electron chi connectivity index (χ1n) is 4.94. The van der Waals surface area contributed by atoms with Gasteiger partial charge < -0.3 is 4.90 Å². The molecule has 0 radical (unpaired) electrons. The Morgan fingerprint density at radius 1 is 1.36 bits per heavy atom. The Labute approximate surface area is 84.5 Å². The molecule has 0 N–H and O–H groups in total. The summed E-state index contributed by atoms with van der Waals surface area (Å²) in [5.41, 5.74) is 3.29. The van der Waals surface area contributed by atoms with Gasteiger partial charge in [0.2, 0.25) is 0 Å². The normalized spacial score (nSPS) is 19.6. The van der Waals surface area contributed by atoms with Crippen LogP contribution in [-0.2, 0) is 6.42 Å². The second kappa shape index (κ2) is 3.12. The van der Waals surface area contributed by atoms with Gasteiger partial charge in [-0.15, -0.1) is 0 Å². The van der Waals surface area contributed by atoms with E-state index >= 15 is 0 Å². The van der Waals surface area contributed by atoms with Crippen molar-refractivity contribution in [2.75, 3.05) is 19.0 Å². The summed E-state index contributed by atoms with van der Waals surface area (Å²) in [5.74, 6) is 0.465. The Balaban J connectivity index is 2.44. The molecule has 0 heterocycles. The Bertz CT molecular complexity index is 382. The van der Waals surface area contributed by atoms with E-state index in [0.717, 1.165) is 12.0 Å². The zero-order valence-electron chi connectivity index (χ0n) is 8.87. The second-order valence-electron chi connectivity index (χ2n) is 4.21. The van der Waals surface area contributed by atoms with Crippen molar-refractivity contribution in [3.8, 4) is 0 Å². The fourth-order valence-electron chi connectivity index (χ4n) is 1.96. The van der Waals surface area contributed by atoms with Gasteiger partial charge in [0.05, 0.1) is 0 Å². The minimum Gasteiger partial charge on any atom is -0.378 e. The molecule has 0 amide bonds. The van der Waals surface area contributed by atoms with Gasteiger partial charge in [-0.25, -0.2) is 0 Å². The minimum atomic E-state index is 0.169. The zero-order valence-corrected chi connectivity index (χ0v) is 8.87. The van der Waals surface area contributed by atoms with Crippen LogP contribution in [0.15, 0.2) is 18.2 Å². The molecule has 1 atom stereocenters. The van der Waals surface area contributed by atoms with Crippen LogP contribution in [0, 0.1) is 5.92 Å². The molecule has 0 spiro atoms. The molecule has 0 fully saturated rings. The molecule has 2 heteroatoms. The molecule has 1 unspecified atom stereocenters. The topological polar surface area (TPSA) is 20.3 Å². The summed E-state index contributed by atoms with van der Waals surface area (Å²) < 4.78 is 0. The summed E-state index contributed by atoms with van der Waals surface area (Å²) in [5, 5.41) is 0. The highest BCUT2D eigenvalue weighted by Gasteiger charge is 2.26. The third kappa shape index (κ3) is 1.31. The fraction of sp³-hybridized carbons (Fsp3) is 0.417. The van der Waals surface area contributed by atoms with Crippen LogP contribution < -0.4 is 4.90 Å². The molecule has 0 saturated heterocycles. The molecule has 2 rings (SSSR count). The first-order chi connectivity index (χ1) is 6.59. The molecular formula is C12H15NO. The van der Waals surface area contributed by atoms with Crippen molar-refractivity contribution in [3.05, 3.63) is 29.3 Å². The molecule has 74 valence electrons. The van der Waals surface area contributed by atoms with Crippen molar-refractivity contribution < 1.29 is 4.79 Å². The third-order valence-corrected chi connectivity index (χ3v) is 2.84. The standard InChI is InChI=1S/C12H15NO/c1-8-6-9-7-10(13(2)3)4-5-11(9)12(8)14/h4-5,7-8H,6H2,1-3H3. The lowest BCUT2D eigenvalue weighted by molar-refractivity contribution is 0.0946. The second-order valence-corrected chi connectivity index (χ2v) is 4.21. The number of hydrogen-bond acceptors (Lipinski definition) is 2. The number of hydrogen-bond donors (Lipinski definition) is 0. The molecule has 0 saturated carbocycles. The van der Waals surface area contributed by atoms with Gasteiger partial charge in [-0.1, -0.05) is 6.92 Å². The minimum absolute atomic E-state index is 0.169. The van der Waals surface area contributed by atoms with Crippen molar-refractivity contribution in [2.45, 2.75) is 13.3 Å². The predicted octanol–water partition coefficient (Wildman–Crippen LogP) is 2.13. The van der Waals surface area contributed by atoms with Crippen LogP contribution in [0.2, 0.25) is 0 Å². The number of fused-ring (bicyclic) bond motifs is 1. The number of rotatable bonds is 1. The number of benzene rings is 1. The fourth-order valence-corrected chi connectivity index (χ4v) is 1.96. The number of Topliss-reactive ketones (excluding diaryl/α,β-unsaturated/α-hetero) is 1. The number of ketones is 1. The molecule has 1 aliphatic carbocycles. The van der Waals surface area contributed by atoms with Crippen molar-refractivity contribution >= 4 is 11.5 Å². The lowest BCUT2D eigenvalue weighted by atomic mass is 10.1. The molecular weight excluding hydrogens is 174 g/mol. The smallest absolute Gasteiger partial charge is 0.166 e. The molecule has 0 aliphatic heterocycles. The maximum absolute atomic E-state index is 11.7. The molecule has 0 aromatic heterocycles. The lowest BCUT2D eigenvalue weighted by Crippen LogP contribution is -2.08. The van der Waals surface area contributed by atoms with Crippen molar-refractivity contribution in [1.82, 2.24) is 0 Å². The van der Waals surface area contributed by atoms with Crippen molar-refractivity contribution in [1.29, 1.82) is 0 Å². The molecule has 1 aromatic carbocycles. The van der Waals surface area contributed by atoms with E-state index in [1.165, 1.54) is 11.3 Å². The Hall–Kier alpha value is -1.31. The highest BCUT2D eigenvalue weighted by atomic mass is 16.1. The Kier molecular flexibility index (Phi) is 2.06. The molecule has 0 bridgehead atoms. The van der Waals surface area contributed by atoms with Gasteiger partial charge in [0.1, 0.15) is 0 Å². The van der Waals surface area contributed by atoms with E-state index < -0.39 is 0 Å². The molecule has 1 aromatic rings. The van der Waals surface area contributed by atoms with Crippen LogP contribution in [0.3, 0.4) is 0 Å². The van der Waals surface area contributed by atoms with Gasteiger partial charge in [-0.2, -0.15) is 0 Å². The Morgan fingerprint density at radius 3 is 2.71 bits per heavy atom. The van der Waals surface area contributed by atoms with Crippen LogP contribution in [0.1, 0.15) is 22.8 Å². The van der Waals surface area contributed by atoms with Gasteiger partial charge in [0, 0.05) is 31.3 Å². The van der Waals surface area contributed by atoms with E-state index in [1.54, 1.807) is 0 Å². The maximum atomic E-state index is 11.7. The summed E-state index contributed by atoms with van der Waals surface area (Å²) in [6.07, 6.45) is 0.899. The SMILES string of the molecule is CC1Cc2cc(N(C)C)ccc2C1=O. The molecule has 14 heavy (non-hydrogen) atoms. The summed E-state index contributed by atoms with van der Waals surface area (Å²) in [6, 6.07) is 6.09. The average Bonchev–Trinajstić information content (AvgIpc) is 2.42. The highest BCUT2D eigenvalue weighted by molar-refractivity contribution is 6.02. The first kappa shape index (κ1) is 9.25. The van der Waals surface area contributed by atoms with Crippen LogP contribution >= 0.6 is 0 Å². The number of carbonyl (C=O) groups is 1. The van der Waals surface area contributed by atoms with Crippen LogP contribution in [0.5, 0.6) is 0 Å². The van der Waals surface area contributed by atoms with E-state index in [4.69, 9.17) is 0 Å². The third-order valence-electron chi connectivity index (χ3n) is 2.84. The van der Waals surface area contributed by atoms with Gasteiger partial charge >= 0.3 is 0 Å². The summed E-state index contributed by atoms with van der Waals surface area (Å²) in [7, 11) is 4.03. The zero-order chi connectivity index (χ0) is 10.3. The van der Waals surface area contributed by atoms with E-state index in [9.17, 15) is 4.79 Å². The van der Waals surface area contributed by atoms with Gasteiger partial charge in [-0.3, -0.25) is 4.79 Å². The van der Waals surface area contributed by atoms with E-state index in [1.807, 2.05) is 33.2 Å². The average molecular weight is 189 g/mol. The van der Waals surface area contributed by atoms with Crippen molar-refractivity contribution in [3.63, 3.8) is 0 Å². The first-order valence-corrected chi connectivity index (χ1v) is 4.94. The molecule has 2 nitrogen and oxygen atoms in total. The number of carbonyl (C=O) groups excluding carboxylic acids is 1. The van der Waals surface area contributed by atoms with Crippen LogP contribution in [0.4, 0.5) is 5.69 Å². The Morgan fingerprint density at radius 2 is 2.07 bits per heavy atom. The maximum Gasteiger partial charge on any atom is 0.166 e. The van der Waals surface area contributed by atoms with Crippen molar-refractivity contribution in [2.24, 2.45) is 5.92 Å². The van der Waals surface area contributed by atoms with Crippen LogP contribution in [0.25, 0.3) is 0 Å². The van der Waals surface area contributed by atoms with Gasteiger partial charge in [0.15, 0.2) is 5.78 Å². The largest absolute Gasteiger partial charge is 0.378 e. The predicted molar refractivity (Wildman–Crippen MR) is 58.0 cm³/mol. The van der Waals surface area contributed by atoms with Gasteiger partial charge in [0.25, 0.3) is 0 Å². The summed E-state index contributed by atoms with van der Waals surface area (Å²) in [4.78, 5) is 13.7. The monoisotopic (exact) mass is 189 g/mol. The number of anilines is 1. The van der Waals surface area contributed by atoms with Gasteiger partial charge in [-0.05, 0) is 30.2 Å². The lowest BCUT2D eigenvalue weighted by Gasteiger charge is -2.13. The quantitative estimate of drug-likeness (QED) is 0.674. The summed E-state index contributed by atoms with van der Waals surface area (Å²) in [6.45, 7) is 2.00. The summed E-state index contributed by atoms with van der Waals surface area (Å²) >= 11 is 0. The van der Waals surface area contributed by atoms with E-state index in [2.05, 4.69) is 11.0 Å². The molecule has 1 aliphatic rings. The van der Waals surface area contributed by atoms with E-state index in [-0.39, 0.29) is 5.92 Å². The van der Waals surface area contributed by atoms with E-state index in [0.29, 0.717) is 5.78 Å². The van der Waals surface area contributed by atoms with Crippen LogP contribution in [-0.4, -0.2) is 19.9 Å².